The Morgan fingerprint density at radius 3 is 2.52 bits per heavy atom. The molecule has 0 amide bonds. The second kappa shape index (κ2) is 6.88. The first-order valence-electron chi connectivity index (χ1n) is 5.74. The summed E-state index contributed by atoms with van der Waals surface area (Å²) < 4.78 is 6.03. The molecule has 0 aliphatic rings. The van der Waals surface area contributed by atoms with E-state index < -0.39 is 5.97 Å². The molecule has 0 saturated heterocycles. The van der Waals surface area contributed by atoms with E-state index in [1.54, 1.807) is 18.2 Å². The summed E-state index contributed by atoms with van der Waals surface area (Å²) in [5, 5.41) is 0.803. The van der Waals surface area contributed by atoms with Gasteiger partial charge in [-0.05, 0) is 24.3 Å². The first-order valence-corrected chi connectivity index (χ1v) is 7.66. The maximum atomic E-state index is 12.0. The van der Waals surface area contributed by atoms with Crippen molar-refractivity contribution in [2.45, 2.75) is 6.61 Å². The molecule has 0 unspecified atom stereocenters. The van der Waals surface area contributed by atoms with Crippen molar-refractivity contribution >= 4 is 62.4 Å². The fourth-order valence-corrected chi connectivity index (χ4v) is 2.76. The van der Waals surface area contributed by atoms with Gasteiger partial charge >= 0.3 is 5.97 Å². The molecule has 0 atom stereocenters. The number of rotatable bonds is 3. The highest BCUT2D eigenvalue weighted by Crippen LogP contribution is 2.29. The Morgan fingerprint density at radius 2 is 1.86 bits per heavy atom. The molecular formula is C14H9BrCl3NO2. The van der Waals surface area contributed by atoms with E-state index in [-0.39, 0.29) is 22.2 Å². The average Bonchev–Trinajstić information content (AvgIpc) is 2.41. The van der Waals surface area contributed by atoms with Gasteiger partial charge < -0.3 is 10.5 Å². The Kier molecular flexibility index (Phi) is 5.38. The summed E-state index contributed by atoms with van der Waals surface area (Å²) in [5.41, 5.74) is 6.77. The number of hydrogen-bond acceptors (Lipinski definition) is 3. The maximum Gasteiger partial charge on any atom is 0.340 e. The van der Waals surface area contributed by atoms with Crippen LogP contribution in [0.5, 0.6) is 0 Å². The Labute approximate surface area is 145 Å². The van der Waals surface area contributed by atoms with Gasteiger partial charge in [0.05, 0.1) is 15.6 Å². The van der Waals surface area contributed by atoms with E-state index in [1.807, 2.05) is 0 Å². The number of anilines is 1. The fourth-order valence-electron chi connectivity index (χ4n) is 1.62. The standard InChI is InChI=1S/C14H9BrCl3NO2/c15-8-2-1-7(11(16)3-8)6-21-14(20)10-4-9(19)5-12(17)13(10)18/h1-5H,6,19H2. The van der Waals surface area contributed by atoms with Crippen molar-refractivity contribution in [1.29, 1.82) is 0 Å². The third kappa shape index (κ3) is 4.04. The van der Waals surface area contributed by atoms with Crippen molar-refractivity contribution < 1.29 is 9.53 Å². The highest BCUT2D eigenvalue weighted by molar-refractivity contribution is 9.10. The molecule has 2 rings (SSSR count). The van der Waals surface area contributed by atoms with E-state index in [9.17, 15) is 4.79 Å². The largest absolute Gasteiger partial charge is 0.457 e. The lowest BCUT2D eigenvalue weighted by molar-refractivity contribution is 0.0473. The molecule has 110 valence electrons. The Hall–Kier alpha value is -0.940. The van der Waals surface area contributed by atoms with Gasteiger partial charge in [-0.25, -0.2) is 4.79 Å². The third-order valence-electron chi connectivity index (χ3n) is 2.64. The number of carbonyl (C=O) groups excluding carboxylic acids is 1. The third-order valence-corrected chi connectivity index (χ3v) is 4.29. The fraction of sp³-hybridized carbons (Fsp3) is 0.0714. The van der Waals surface area contributed by atoms with Crippen LogP contribution >= 0.6 is 50.7 Å². The van der Waals surface area contributed by atoms with Crippen LogP contribution in [0.15, 0.2) is 34.8 Å². The lowest BCUT2D eigenvalue weighted by Gasteiger charge is -2.09. The minimum atomic E-state index is -0.617. The zero-order chi connectivity index (χ0) is 15.6. The molecule has 2 aromatic rings. The molecule has 7 heteroatoms. The molecule has 0 aromatic heterocycles. The zero-order valence-corrected chi connectivity index (χ0v) is 14.4. The van der Waals surface area contributed by atoms with Crippen molar-refractivity contribution in [2.24, 2.45) is 0 Å². The molecule has 0 bridgehead atoms. The van der Waals surface area contributed by atoms with Crippen molar-refractivity contribution in [3.63, 3.8) is 0 Å². The molecular weight excluding hydrogens is 400 g/mol. The number of ether oxygens (including phenoxy) is 1. The van der Waals surface area contributed by atoms with E-state index in [0.717, 1.165) is 4.47 Å². The van der Waals surface area contributed by atoms with Crippen LogP contribution in [0.4, 0.5) is 5.69 Å². The molecule has 0 heterocycles. The van der Waals surface area contributed by atoms with Crippen LogP contribution < -0.4 is 5.73 Å². The minimum absolute atomic E-state index is 0.0215. The van der Waals surface area contributed by atoms with Crippen LogP contribution in [0.25, 0.3) is 0 Å². The molecule has 0 fully saturated rings. The normalized spacial score (nSPS) is 10.5. The summed E-state index contributed by atoms with van der Waals surface area (Å²) >= 11 is 21.2. The summed E-state index contributed by atoms with van der Waals surface area (Å²) in [4.78, 5) is 12.0. The number of nitrogen functional groups attached to an aromatic ring is 1. The van der Waals surface area contributed by atoms with Gasteiger partial charge in [-0.1, -0.05) is 56.8 Å². The summed E-state index contributed by atoms with van der Waals surface area (Å²) in [6, 6.07) is 8.16. The highest BCUT2D eigenvalue weighted by Gasteiger charge is 2.16. The molecule has 3 nitrogen and oxygen atoms in total. The molecule has 2 aromatic carbocycles. The number of benzene rings is 2. The molecule has 2 N–H and O–H groups in total. The SMILES string of the molecule is Nc1cc(Cl)c(Cl)c(C(=O)OCc2ccc(Br)cc2Cl)c1. The molecule has 21 heavy (non-hydrogen) atoms. The number of nitrogens with two attached hydrogens (primary N) is 1. The smallest absolute Gasteiger partial charge is 0.340 e. The topological polar surface area (TPSA) is 52.3 Å². The van der Waals surface area contributed by atoms with Gasteiger partial charge in [0.2, 0.25) is 0 Å². The molecule has 0 spiro atoms. The van der Waals surface area contributed by atoms with E-state index in [0.29, 0.717) is 16.3 Å². The van der Waals surface area contributed by atoms with Crippen LogP contribution in [-0.4, -0.2) is 5.97 Å². The number of hydrogen-bond donors (Lipinski definition) is 1. The first kappa shape index (κ1) is 16.4. The Morgan fingerprint density at radius 1 is 1.14 bits per heavy atom. The monoisotopic (exact) mass is 407 g/mol. The summed E-state index contributed by atoms with van der Waals surface area (Å²) in [6.07, 6.45) is 0. The number of esters is 1. The van der Waals surface area contributed by atoms with E-state index >= 15 is 0 Å². The van der Waals surface area contributed by atoms with Crippen LogP contribution in [0.2, 0.25) is 15.1 Å². The second-order valence-corrected chi connectivity index (χ2v) is 6.28. The van der Waals surface area contributed by atoms with Gasteiger partial charge in [-0.3, -0.25) is 0 Å². The van der Waals surface area contributed by atoms with Gasteiger partial charge in [-0.15, -0.1) is 0 Å². The first-order chi connectivity index (χ1) is 9.88. The summed E-state index contributed by atoms with van der Waals surface area (Å²) in [7, 11) is 0. The molecule has 0 saturated carbocycles. The highest BCUT2D eigenvalue weighted by atomic mass is 79.9. The van der Waals surface area contributed by atoms with Gasteiger partial charge in [0.15, 0.2) is 0 Å². The predicted molar refractivity (Wildman–Crippen MR) is 89.1 cm³/mol. The zero-order valence-electron chi connectivity index (χ0n) is 10.5. The average molecular weight is 409 g/mol. The van der Waals surface area contributed by atoms with E-state index in [2.05, 4.69) is 15.9 Å². The van der Waals surface area contributed by atoms with Gasteiger partial charge in [-0.2, -0.15) is 0 Å². The second-order valence-electron chi connectivity index (χ2n) is 4.18. The van der Waals surface area contributed by atoms with Crippen LogP contribution in [-0.2, 0) is 11.3 Å². The molecule has 0 radical (unpaired) electrons. The van der Waals surface area contributed by atoms with Crippen molar-refractivity contribution in [3.8, 4) is 0 Å². The minimum Gasteiger partial charge on any atom is -0.457 e. The summed E-state index contributed by atoms with van der Waals surface area (Å²) in [5.74, 6) is -0.617. The van der Waals surface area contributed by atoms with Gasteiger partial charge in [0, 0.05) is 20.7 Å². The summed E-state index contributed by atoms with van der Waals surface area (Å²) in [6.45, 7) is 0.0215. The van der Waals surface area contributed by atoms with E-state index in [1.165, 1.54) is 12.1 Å². The lowest BCUT2D eigenvalue weighted by atomic mass is 10.2. The maximum absolute atomic E-state index is 12.0. The number of halogens is 4. The van der Waals surface area contributed by atoms with Crippen LogP contribution in [0, 0.1) is 0 Å². The molecule has 0 aliphatic heterocycles. The van der Waals surface area contributed by atoms with Crippen molar-refractivity contribution in [1.82, 2.24) is 0 Å². The number of carbonyl (C=O) groups is 1. The van der Waals surface area contributed by atoms with Crippen LogP contribution in [0.3, 0.4) is 0 Å². The Balaban J connectivity index is 2.15. The van der Waals surface area contributed by atoms with Crippen molar-refractivity contribution in [2.75, 3.05) is 5.73 Å². The van der Waals surface area contributed by atoms with Gasteiger partial charge in [0.1, 0.15) is 6.61 Å². The van der Waals surface area contributed by atoms with E-state index in [4.69, 9.17) is 45.3 Å². The van der Waals surface area contributed by atoms with Crippen molar-refractivity contribution in [3.05, 3.63) is 61.0 Å². The van der Waals surface area contributed by atoms with Gasteiger partial charge in [0.25, 0.3) is 0 Å². The van der Waals surface area contributed by atoms with Crippen LogP contribution in [0.1, 0.15) is 15.9 Å². The lowest BCUT2D eigenvalue weighted by Crippen LogP contribution is -2.07. The predicted octanol–water partition coefficient (Wildman–Crippen LogP) is 5.35. The molecule has 0 aliphatic carbocycles. The quantitative estimate of drug-likeness (QED) is 0.549. The Bertz CT molecular complexity index is 707.